The van der Waals surface area contributed by atoms with Gasteiger partial charge in [-0.25, -0.2) is 9.78 Å². The molecule has 0 aliphatic heterocycles. The van der Waals surface area contributed by atoms with E-state index >= 15 is 0 Å². The summed E-state index contributed by atoms with van der Waals surface area (Å²) in [6, 6.07) is 7.70. The van der Waals surface area contributed by atoms with Crippen molar-refractivity contribution in [2.45, 2.75) is 6.92 Å². The highest BCUT2D eigenvalue weighted by Gasteiger charge is 2.12. The van der Waals surface area contributed by atoms with Crippen molar-refractivity contribution in [1.29, 1.82) is 0 Å². The molecule has 5 heteroatoms. The number of para-hydroxylation sites is 2. The number of benzene rings is 1. The van der Waals surface area contributed by atoms with Crippen LogP contribution in [0.5, 0.6) is 0 Å². The van der Waals surface area contributed by atoms with Gasteiger partial charge >= 0.3 is 5.97 Å². The van der Waals surface area contributed by atoms with E-state index in [4.69, 9.17) is 4.74 Å². The second-order valence-electron chi connectivity index (χ2n) is 3.82. The fourth-order valence-electron chi connectivity index (χ4n) is 1.89. The minimum Gasteiger partial charge on any atom is -0.461 e. The van der Waals surface area contributed by atoms with Crippen LogP contribution < -0.4 is 0 Å². The maximum atomic E-state index is 11.6. The number of aromatic nitrogens is 3. The number of rotatable bonds is 2. The number of nitrogens with zero attached hydrogens (tertiary/aromatic N) is 3. The molecule has 0 radical (unpaired) electrons. The minimum absolute atomic E-state index is 0.301. The fourth-order valence-corrected chi connectivity index (χ4v) is 1.89. The average Bonchev–Trinajstić information content (AvgIpc) is 2.83. The molecule has 0 aliphatic carbocycles. The molecule has 0 unspecified atom stereocenters. The summed E-state index contributed by atoms with van der Waals surface area (Å²) < 4.78 is 6.78. The van der Waals surface area contributed by atoms with Gasteiger partial charge in [-0.15, -0.1) is 0 Å². The van der Waals surface area contributed by atoms with Crippen LogP contribution in [0.15, 0.2) is 36.7 Å². The van der Waals surface area contributed by atoms with Gasteiger partial charge in [-0.2, -0.15) is 0 Å². The standard InChI is InChI=1S/C13H11N3O2/c1-2-18-13(17)10-8-16-11-6-4-3-5-9(11)14-7-12(16)15-10/h3-8H,2H2,1H3. The van der Waals surface area contributed by atoms with Crippen LogP contribution >= 0.6 is 0 Å². The van der Waals surface area contributed by atoms with Crippen LogP contribution in [0.2, 0.25) is 0 Å². The SMILES string of the molecule is CCOC(=O)c1cn2c(cnc3ccccc32)n1. The largest absolute Gasteiger partial charge is 0.461 e. The van der Waals surface area contributed by atoms with E-state index < -0.39 is 5.97 Å². The molecule has 0 atom stereocenters. The molecule has 3 rings (SSSR count). The van der Waals surface area contributed by atoms with Gasteiger partial charge in [0.25, 0.3) is 0 Å². The third kappa shape index (κ3) is 1.60. The summed E-state index contributed by atoms with van der Waals surface area (Å²) in [4.78, 5) is 20.1. The van der Waals surface area contributed by atoms with Crippen molar-refractivity contribution in [3.8, 4) is 0 Å². The molecule has 0 saturated heterocycles. The Hall–Kier alpha value is -2.43. The zero-order chi connectivity index (χ0) is 12.5. The van der Waals surface area contributed by atoms with Crippen LogP contribution in [-0.2, 0) is 4.74 Å². The van der Waals surface area contributed by atoms with Crippen LogP contribution in [0.3, 0.4) is 0 Å². The maximum absolute atomic E-state index is 11.6. The summed E-state index contributed by atoms with van der Waals surface area (Å²) >= 11 is 0. The number of ether oxygens (including phenoxy) is 1. The predicted octanol–water partition coefficient (Wildman–Crippen LogP) is 2.06. The van der Waals surface area contributed by atoms with Gasteiger partial charge in [0.1, 0.15) is 0 Å². The van der Waals surface area contributed by atoms with Crippen LogP contribution in [-0.4, -0.2) is 26.9 Å². The highest BCUT2D eigenvalue weighted by Crippen LogP contribution is 2.15. The summed E-state index contributed by atoms with van der Waals surface area (Å²) in [5, 5.41) is 0. The summed E-state index contributed by atoms with van der Waals surface area (Å²) in [5.41, 5.74) is 2.71. The molecule has 0 N–H and O–H groups in total. The van der Waals surface area contributed by atoms with E-state index in [0.29, 0.717) is 17.9 Å². The number of carbonyl (C=O) groups is 1. The number of hydrogen-bond acceptors (Lipinski definition) is 4. The van der Waals surface area contributed by atoms with E-state index in [1.807, 2.05) is 28.7 Å². The van der Waals surface area contributed by atoms with Gasteiger partial charge in [0, 0.05) is 6.20 Å². The average molecular weight is 241 g/mol. The Morgan fingerprint density at radius 2 is 2.22 bits per heavy atom. The van der Waals surface area contributed by atoms with Gasteiger partial charge < -0.3 is 4.74 Å². The molecular formula is C13H11N3O2. The molecule has 0 fully saturated rings. The number of fused-ring (bicyclic) bond motifs is 3. The van der Waals surface area contributed by atoms with E-state index in [1.54, 1.807) is 19.3 Å². The minimum atomic E-state index is -0.412. The van der Waals surface area contributed by atoms with Gasteiger partial charge in [-0.3, -0.25) is 9.38 Å². The van der Waals surface area contributed by atoms with E-state index in [2.05, 4.69) is 9.97 Å². The molecule has 90 valence electrons. The molecule has 18 heavy (non-hydrogen) atoms. The van der Waals surface area contributed by atoms with Crippen LogP contribution in [0.4, 0.5) is 0 Å². The van der Waals surface area contributed by atoms with Crippen molar-refractivity contribution in [3.05, 3.63) is 42.4 Å². The first-order chi connectivity index (χ1) is 8.79. The van der Waals surface area contributed by atoms with Gasteiger partial charge in [-0.05, 0) is 19.1 Å². The Morgan fingerprint density at radius 3 is 3.06 bits per heavy atom. The molecule has 0 amide bonds. The van der Waals surface area contributed by atoms with Crippen LogP contribution in [0.1, 0.15) is 17.4 Å². The van der Waals surface area contributed by atoms with Crippen molar-refractivity contribution in [2.75, 3.05) is 6.61 Å². The van der Waals surface area contributed by atoms with Crippen molar-refractivity contribution in [1.82, 2.24) is 14.4 Å². The molecule has 0 aliphatic rings. The molecule has 0 spiro atoms. The second-order valence-corrected chi connectivity index (χ2v) is 3.82. The topological polar surface area (TPSA) is 56.5 Å². The van der Waals surface area contributed by atoms with Crippen LogP contribution in [0, 0.1) is 0 Å². The first-order valence-electron chi connectivity index (χ1n) is 5.69. The molecule has 2 aromatic heterocycles. The van der Waals surface area contributed by atoms with E-state index in [-0.39, 0.29) is 0 Å². The highest BCUT2D eigenvalue weighted by molar-refractivity contribution is 5.89. The monoisotopic (exact) mass is 241 g/mol. The summed E-state index contributed by atoms with van der Waals surface area (Å²) in [6.07, 6.45) is 3.32. The Bertz CT molecular complexity index is 733. The summed E-state index contributed by atoms with van der Waals surface area (Å²) in [7, 11) is 0. The first kappa shape index (κ1) is 10.7. The molecular weight excluding hydrogens is 230 g/mol. The van der Waals surface area contributed by atoms with E-state index in [9.17, 15) is 4.79 Å². The lowest BCUT2D eigenvalue weighted by atomic mass is 10.3. The van der Waals surface area contributed by atoms with Gasteiger partial charge in [0.15, 0.2) is 11.3 Å². The Labute approximate surface area is 103 Å². The van der Waals surface area contributed by atoms with Gasteiger partial charge in [-0.1, -0.05) is 12.1 Å². The zero-order valence-corrected chi connectivity index (χ0v) is 9.83. The van der Waals surface area contributed by atoms with Crippen molar-refractivity contribution in [2.24, 2.45) is 0 Å². The Morgan fingerprint density at radius 1 is 1.39 bits per heavy atom. The maximum Gasteiger partial charge on any atom is 0.358 e. The summed E-state index contributed by atoms with van der Waals surface area (Å²) in [6.45, 7) is 2.11. The smallest absolute Gasteiger partial charge is 0.358 e. The lowest BCUT2D eigenvalue weighted by molar-refractivity contribution is 0.0520. The molecule has 3 aromatic rings. The van der Waals surface area contributed by atoms with Gasteiger partial charge in [0.2, 0.25) is 0 Å². The number of imidazole rings is 1. The van der Waals surface area contributed by atoms with Gasteiger partial charge in [0.05, 0.1) is 23.8 Å². The third-order valence-corrected chi connectivity index (χ3v) is 2.68. The van der Waals surface area contributed by atoms with Crippen molar-refractivity contribution >= 4 is 22.6 Å². The lowest BCUT2D eigenvalue weighted by Crippen LogP contribution is -2.04. The first-order valence-corrected chi connectivity index (χ1v) is 5.69. The quantitative estimate of drug-likeness (QED) is 0.644. The lowest BCUT2D eigenvalue weighted by Gasteiger charge is -1.99. The summed E-state index contributed by atoms with van der Waals surface area (Å²) in [5.74, 6) is -0.412. The van der Waals surface area contributed by atoms with Crippen molar-refractivity contribution in [3.63, 3.8) is 0 Å². The van der Waals surface area contributed by atoms with Crippen molar-refractivity contribution < 1.29 is 9.53 Å². The third-order valence-electron chi connectivity index (χ3n) is 2.68. The number of carbonyl (C=O) groups excluding carboxylic acids is 1. The van der Waals surface area contributed by atoms with Crippen LogP contribution in [0.25, 0.3) is 16.7 Å². The molecule has 2 heterocycles. The number of hydrogen-bond donors (Lipinski definition) is 0. The Kier molecular flexibility index (Phi) is 2.44. The highest BCUT2D eigenvalue weighted by atomic mass is 16.5. The predicted molar refractivity (Wildman–Crippen MR) is 66.4 cm³/mol. The normalized spacial score (nSPS) is 10.9. The fraction of sp³-hybridized carbons (Fsp3) is 0.154. The Balaban J connectivity index is 2.22. The molecule has 0 bridgehead atoms. The molecule has 1 aromatic carbocycles. The number of esters is 1. The molecule has 0 saturated carbocycles. The van der Waals surface area contributed by atoms with E-state index in [0.717, 1.165) is 11.0 Å². The van der Waals surface area contributed by atoms with E-state index in [1.165, 1.54) is 0 Å². The second kappa shape index (κ2) is 4.10. The zero-order valence-electron chi connectivity index (χ0n) is 9.83. The molecule has 5 nitrogen and oxygen atoms in total.